The summed E-state index contributed by atoms with van der Waals surface area (Å²) in [5.74, 6) is 0.187. The summed E-state index contributed by atoms with van der Waals surface area (Å²) in [6.07, 6.45) is 5.17. The molecule has 0 spiro atoms. The quantitative estimate of drug-likeness (QED) is 0.766. The number of aromatic amines is 1. The minimum Gasteiger partial charge on any atom is -0.338 e. The Kier molecular flexibility index (Phi) is 4.06. The summed E-state index contributed by atoms with van der Waals surface area (Å²) in [6, 6.07) is 5.41. The number of nitrogens with zero attached hydrogens (tertiary/aromatic N) is 4. The van der Waals surface area contributed by atoms with Crippen LogP contribution in [0.1, 0.15) is 46.1 Å². The number of likely N-dealkylation sites (tertiary alicyclic amines) is 1. The number of hydrogen-bond acceptors (Lipinski definition) is 4. The van der Waals surface area contributed by atoms with Crippen LogP contribution in [0.3, 0.4) is 0 Å². The summed E-state index contributed by atoms with van der Waals surface area (Å²) in [6.45, 7) is 5.00. The van der Waals surface area contributed by atoms with Gasteiger partial charge in [0.1, 0.15) is 0 Å². The highest BCUT2D eigenvalue weighted by Gasteiger charge is 2.27. The van der Waals surface area contributed by atoms with Gasteiger partial charge >= 0.3 is 0 Å². The number of rotatable bonds is 2. The lowest BCUT2D eigenvalue weighted by molar-refractivity contribution is 0.0705. The fraction of sp³-hybridized carbons (Fsp3) is 0.368. The number of piperidine rings is 1. The van der Waals surface area contributed by atoms with Crippen molar-refractivity contribution in [2.24, 2.45) is 0 Å². The normalized spacial score (nSPS) is 17.6. The van der Waals surface area contributed by atoms with Crippen LogP contribution < -0.4 is 5.56 Å². The molecule has 0 aromatic carbocycles. The highest BCUT2D eigenvalue weighted by molar-refractivity contribution is 5.94. The fourth-order valence-electron chi connectivity index (χ4n) is 3.54. The van der Waals surface area contributed by atoms with Crippen molar-refractivity contribution in [2.45, 2.75) is 32.6 Å². The van der Waals surface area contributed by atoms with Crippen molar-refractivity contribution < 1.29 is 4.79 Å². The van der Waals surface area contributed by atoms with Crippen molar-refractivity contribution >= 4 is 11.6 Å². The first-order chi connectivity index (χ1) is 12.5. The molecule has 0 saturated carbocycles. The molecule has 3 aromatic heterocycles. The first-order valence-corrected chi connectivity index (χ1v) is 8.83. The van der Waals surface area contributed by atoms with Crippen LogP contribution in [0.4, 0.5) is 0 Å². The molecule has 4 rings (SSSR count). The van der Waals surface area contributed by atoms with E-state index in [0.717, 1.165) is 30.8 Å². The molecular formula is C19H21N5O2. The highest BCUT2D eigenvalue weighted by Crippen LogP contribution is 2.27. The number of hydrogen-bond donors (Lipinski definition) is 1. The number of nitrogens with one attached hydrogen (secondary N) is 1. The first-order valence-electron chi connectivity index (χ1n) is 8.83. The van der Waals surface area contributed by atoms with Crippen molar-refractivity contribution in [2.75, 3.05) is 13.1 Å². The first kappa shape index (κ1) is 16.5. The second-order valence-corrected chi connectivity index (χ2v) is 6.86. The predicted molar refractivity (Wildman–Crippen MR) is 97.4 cm³/mol. The number of pyridine rings is 1. The summed E-state index contributed by atoms with van der Waals surface area (Å²) < 4.78 is 1.50. The Bertz CT molecular complexity index is 1020. The number of H-pyrrole nitrogens is 1. The topological polar surface area (TPSA) is 83.4 Å². The molecule has 4 heterocycles. The van der Waals surface area contributed by atoms with E-state index < -0.39 is 0 Å². The molecule has 1 atom stereocenters. The molecule has 1 aliphatic heterocycles. The summed E-state index contributed by atoms with van der Waals surface area (Å²) in [4.78, 5) is 35.5. The van der Waals surface area contributed by atoms with Crippen molar-refractivity contribution in [1.82, 2.24) is 24.5 Å². The molecule has 0 aliphatic carbocycles. The van der Waals surface area contributed by atoms with Gasteiger partial charge in [-0.1, -0.05) is 0 Å². The van der Waals surface area contributed by atoms with Crippen LogP contribution in [-0.2, 0) is 0 Å². The van der Waals surface area contributed by atoms with Crippen molar-refractivity contribution in [1.29, 1.82) is 0 Å². The molecule has 0 radical (unpaired) electrons. The molecule has 0 bridgehead atoms. The largest absolute Gasteiger partial charge is 0.338 e. The summed E-state index contributed by atoms with van der Waals surface area (Å²) >= 11 is 0. The smallest absolute Gasteiger partial charge is 0.275 e. The zero-order valence-electron chi connectivity index (χ0n) is 14.9. The van der Waals surface area contributed by atoms with Gasteiger partial charge in [0.25, 0.3) is 11.5 Å². The lowest BCUT2D eigenvalue weighted by atomic mass is 9.94. The van der Waals surface area contributed by atoms with Crippen LogP contribution >= 0.6 is 0 Å². The predicted octanol–water partition coefficient (Wildman–Crippen LogP) is 2.05. The number of aromatic nitrogens is 4. The Morgan fingerprint density at radius 2 is 2.04 bits per heavy atom. The SMILES string of the molecule is Cc1nc2cc([C@@H]3CCCN(C(=O)c4ccncc4)C3)[nH]n2c(=O)c1C. The molecule has 3 aromatic rings. The number of amides is 1. The van der Waals surface area contributed by atoms with E-state index >= 15 is 0 Å². The van der Waals surface area contributed by atoms with Crippen LogP contribution in [0.15, 0.2) is 35.4 Å². The lowest BCUT2D eigenvalue weighted by Gasteiger charge is -2.32. The van der Waals surface area contributed by atoms with Gasteiger partial charge in [-0.3, -0.25) is 19.7 Å². The Hall–Kier alpha value is -2.96. The maximum atomic E-state index is 12.7. The third-order valence-electron chi connectivity index (χ3n) is 5.18. The van der Waals surface area contributed by atoms with Gasteiger partial charge in [-0.15, -0.1) is 0 Å². The second kappa shape index (κ2) is 6.40. The van der Waals surface area contributed by atoms with Gasteiger partial charge in [-0.25, -0.2) is 9.50 Å². The summed E-state index contributed by atoms with van der Waals surface area (Å²) in [5, 5.41) is 3.19. The summed E-state index contributed by atoms with van der Waals surface area (Å²) in [5.41, 5.74) is 3.56. The second-order valence-electron chi connectivity index (χ2n) is 6.86. The molecule has 1 fully saturated rings. The van der Waals surface area contributed by atoms with Crippen LogP contribution in [-0.4, -0.2) is 43.5 Å². The zero-order valence-corrected chi connectivity index (χ0v) is 14.9. The molecule has 1 N–H and O–H groups in total. The van der Waals surface area contributed by atoms with Gasteiger partial charge < -0.3 is 4.90 Å². The molecule has 1 amide bonds. The Morgan fingerprint density at radius 1 is 1.27 bits per heavy atom. The van der Waals surface area contributed by atoms with Gasteiger partial charge in [0.2, 0.25) is 0 Å². The third kappa shape index (κ3) is 2.79. The van der Waals surface area contributed by atoms with Gasteiger partial charge in [-0.2, -0.15) is 0 Å². The van der Waals surface area contributed by atoms with Crippen LogP contribution in [0.25, 0.3) is 5.65 Å². The van der Waals surface area contributed by atoms with E-state index in [4.69, 9.17) is 0 Å². The third-order valence-corrected chi connectivity index (χ3v) is 5.18. The molecule has 134 valence electrons. The van der Waals surface area contributed by atoms with E-state index in [-0.39, 0.29) is 17.4 Å². The maximum Gasteiger partial charge on any atom is 0.275 e. The van der Waals surface area contributed by atoms with Crippen LogP contribution in [0, 0.1) is 13.8 Å². The Labute approximate surface area is 150 Å². The van der Waals surface area contributed by atoms with Gasteiger partial charge in [-0.05, 0) is 38.8 Å². The van der Waals surface area contributed by atoms with E-state index in [1.807, 2.05) is 17.9 Å². The monoisotopic (exact) mass is 351 g/mol. The van der Waals surface area contributed by atoms with Crippen molar-refractivity contribution in [3.05, 3.63) is 63.5 Å². The number of carbonyl (C=O) groups excluding carboxylic acids is 1. The molecule has 1 aliphatic rings. The van der Waals surface area contributed by atoms with E-state index in [2.05, 4.69) is 15.1 Å². The van der Waals surface area contributed by atoms with Gasteiger partial charge in [0.05, 0.1) is 0 Å². The average molecular weight is 351 g/mol. The van der Waals surface area contributed by atoms with E-state index in [9.17, 15) is 9.59 Å². The standard InChI is InChI=1S/C19H21N5O2/c1-12-13(2)21-17-10-16(22-24(17)18(12)25)15-4-3-9-23(11-15)19(26)14-5-7-20-8-6-14/h5-8,10,15,22H,3-4,9,11H2,1-2H3/t15-/m1/s1. The highest BCUT2D eigenvalue weighted by atomic mass is 16.2. The molecular weight excluding hydrogens is 330 g/mol. The zero-order chi connectivity index (χ0) is 18.3. The number of aryl methyl sites for hydroxylation is 1. The molecule has 7 nitrogen and oxygen atoms in total. The summed E-state index contributed by atoms with van der Waals surface area (Å²) in [7, 11) is 0. The van der Waals surface area contributed by atoms with Gasteiger partial charge in [0.15, 0.2) is 5.65 Å². The van der Waals surface area contributed by atoms with Gasteiger partial charge in [0, 0.05) is 60.0 Å². The average Bonchev–Trinajstić information content (AvgIpc) is 3.10. The van der Waals surface area contributed by atoms with Crippen LogP contribution in [0.5, 0.6) is 0 Å². The molecule has 26 heavy (non-hydrogen) atoms. The van der Waals surface area contributed by atoms with E-state index in [0.29, 0.717) is 23.3 Å². The maximum absolute atomic E-state index is 12.7. The van der Waals surface area contributed by atoms with Crippen LogP contribution in [0.2, 0.25) is 0 Å². The van der Waals surface area contributed by atoms with Crippen molar-refractivity contribution in [3.63, 3.8) is 0 Å². The van der Waals surface area contributed by atoms with E-state index in [1.165, 1.54) is 4.52 Å². The lowest BCUT2D eigenvalue weighted by Crippen LogP contribution is -2.39. The minimum atomic E-state index is -0.0701. The Morgan fingerprint density at radius 3 is 2.81 bits per heavy atom. The van der Waals surface area contributed by atoms with E-state index in [1.54, 1.807) is 31.5 Å². The minimum absolute atomic E-state index is 0.0233. The number of carbonyl (C=O) groups is 1. The Balaban J connectivity index is 1.62. The molecule has 0 unspecified atom stereocenters. The van der Waals surface area contributed by atoms with Crippen molar-refractivity contribution in [3.8, 4) is 0 Å². The fourth-order valence-corrected chi connectivity index (χ4v) is 3.54. The molecule has 7 heteroatoms. The molecule has 1 saturated heterocycles. The number of fused-ring (bicyclic) bond motifs is 1.